The maximum atomic E-state index is 14.1. The van der Waals surface area contributed by atoms with Gasteiger partial charge in [-0.25, -0.2) is 9.37 Å². The van der Waals surface area contributed by atoms with E-state index in [-0.39, 0.29) is 12.4 Å². The number of benzene rings is 1. The third-order valence-electron chi connectivity index (χ3n) is 4.08. The zero-order valence-corrected chi connectivity index (χ0v) is 13.7. The monoisotopic (exact) mass is 349 g/mol. The van der Waals surface area contributed by atoms with E-state index in [9.17, 15) is 9.50 Å². The molecule has 1 atom stereocenters. The van der Waals surface area contributed by atoms with Crippen LogP contribution in [0.2, 0.25) is 0 Å². The molecule has 1 unspecified atom stereocenters. The lowest BCUT2D eigenvalue weighted by Crippen LogP contribution is -2.15. The number of rotatable bonds is 5. The van der Waals surface area contributed by atoms with Crippen molar-refractivity contribution in [2.24, 2.45) is 0 Å². The molecule has 3 heterocycles. The van der Waals surface area contributed by atoms with Crippen LogP contribution in [-0.2, 0) is 0 Å². The largest absolute Gasteiger partial charge is 0.387 e. The Labute approximate surface area is 149 Å². The molecule has 1 aromatic carbocycles. The first-order valence-corrected chi connectivity index (χ1v) is 8.14. The predicted octanol–water partition coefficient (Wildman–Crippen LogP) is 3.08. The lowest BCUT2D eigenvalue weighted by molar-refractivity contribution is 0.191. The van der Waals surface area contributed by atoms with Crippen LogP contribution in [-0.4, -0.2) is 31.2 Å². The normalized spacial score (nSPS) is 12.2. The molecule has 0 aliphatic heterocycles. The summed E-state index contributed by atoms with van der Waals surface area (Å²) in [5, 5.41) is 17.7. The number of hydrogen-bond acceptors (Lipinski definition) is 5. The van der Waals surface area contributed by atoms with Crippen molar-refractivity contribution in [3.8, 4) is 11.3 Å². The molecule has 6 nitrogen and oxygen atoms in total. The summed E-state index contributed by atoms with van der Waals surface area (Å²) in [5.41, 5.74) is 2.25. The topological polar surface area (TPSA) is 75.3 Å². The highest BCUT2D eigenvalue weighted by Crippen LogP contribution is 2.25. The highest BCUT2D eigenvalue weighted by molar-refractivity contribution is 5.66. The Kier molecular flexibility index (Phi) is 4.28. The maximum Gasteiger partial charge on any atom is 0.157 e. The van der Waals surface area contributed by atoms with Crippen molar-refractivity contribution in [2.75, 3.05) is 11.9 Å². The molecule has 4 rings (SSSR count). The maximum absolute atomic E-state index is 14.1. The van der Waals surface area contributed by atoms with Gasteiger partial charge in [0.2, 0.25) is 0 Å². The Balaban J connectivity index is 1.66. The molecule has 0 bridgehead atoms. The first kappa shape index (κ1) is 16.2. The summed E-state index contributed by atoms with van der Waals surface area (Å²) in [5.74, 6) is 0.276. The van der Waals surface area contributed by atoms with E-state index in [2.05, 4.69) is 20.4 Å². The van der Waals surface area contributed by atoms with Gasteiger partial charge in [0.1, 0.15) is 11.6 Å². The van der Waals surface area contributed by atoms with E-state index in [1.54, 1.807) is 65.6 Å². The van der Waals surface area contributed by atoms with Crippen LogP contribution in [0.5, 0.6) is 0 Å². The Morgan fingerprint density at radius 3 is 2.69 bits per heavy atom. The summed E-state index contributed by atoms with van der Waals surface area (Å²) in [6.45, 7) is 0.264. The van der Waals surface area contributed by atoms with Gasteiger partial charge < -0.3 is 10.4 Å². The van der Waals surface area contributed by atoms with Gasteiger partial charge in [0, 0.05) is 36.6 Å². The van der Waals surface area contributed by atoms with Crippen molar-refractivity contribution in [3.63, 3.8) is 0 Å². The number of halogens is 1. The van der Waals surface area contributed by atoms with Crippen LogP contribution in [0, 0.1) is 5.82 Å². The van der Waals surface area contributed by atoms with E-state index in [1.807, 2.05) is 0 Å². The molecule has 0 saturated carbocycles. The molecule has 26 heavy (non-hydrogen) atoms. The molecule has 130 valence electrons. The Bertz CT molecular complexity index is 1030. The lowest BCUT2D eigenvalue weighted by atomic mass is 10.1. The third-order valence-corrected chi connectivity index (χ3v) is 4.08. The number of pyridine rings is 1. The van der Waals surface area contributed by atoms with Gasteiger partial charge in [-0.3, -0.25) is 4.98 Å². The number of aliphatic hydroxyl groups is 1. The van der Waals surface area contributed by atoms with E-state index in [0.717, 1.165) is 5.56 Å². The van der Waals surface area contributed by atoms with Crippen molar-refractivity contribution in [3.05, 3.63) is 78.5 Å². The van der Waals surface area contributed by atoms with Crippen LogP contribution in [0.15, 0.2) is 67.1 Å². The Morgan fingerprint density at radius 1 is 1.08 bits per heavy atom. The standard InChI is InChI=1S/C19H16FN5O/c20-15-4-2-1-3-14(15)16-11-19(25-18(24-16)7-10-23-25)22-12-17(26)13-5-8-21-9-6-13/h1-11,17,22,26H,12H2. The first-order chi connectivity index (χ1) is 12.7. The highest BCUT2D eigenvalue weighted by atomic mass is 19.1. The highest BCUT2D eigenvalue weighted by Gasteiger charge is 2.13. The van der Waals surface area contributed by atoms with Gasteiger partial charge in [0.15, 0.2) is 5.65 Å². The SMILES string of the molecule is OC(CNc1cc(-c2ccccc2F)nc2ccnn12)c1ccncc1. The predicted molar refractivity (Wildman–Crippen MR) is 96.1 cm³/mol. The number of aliphatic hydroxyl groups excluding tert-OH is 1. The lowest BCUT2D eigenvalue weighted by Gasteiger charge is -2.15. The van der Waals surface area contributed by atoms with E-state index in [1.165, 1.54) is 6.07 Å². The second kappa shape index (κ2) is 6.89. The van der Waals surface area contributed by atoms with Crippen LogP contribution in [0.1, 0.15) is 11.7 Å². The minimum absolute atomic E-state index is 0.264. The fourth-order valence-corrected chi connectivity index (χ4v) is 2.75. The van der Waals surface area contributed by atoms with Crippen molar-refractivity contribution < 1.29 is 9.50 Å². The first-order valence-electron chi connectivity index (χ1n) is 8.14. The number of nitrogens with zero attached hydrogens (tertiary/aromatic N) is 4. The number of fused-ring (bicyclic) bond motifs is 1. The van der Waals surface area contributed by atoms with Gasteiger partial charge in [0.25, 0.3) is 0 Å². The van der Waals surface area contributed by atoms with E-state index in [4.69, 9.17) is 0 Å². The molecule has 7 heteroatoms. The third kappa shape index (κ3) is 3.12. The number of nitrogens with one attached hydrogen (secondary N) is 1. The van der Waals surface area contributed by atoms with Crippen molar-refractivity contribution in [2.45, 2.75) is 6.10 Å². The molecule has 0 saturated heterocycles. The van der Waals surface area contributed by atoms with Crippen molar-refractivity contribution in [1.82, 2.24) is 19.6 Å². The molecule has 0 aliphatic rings. The van der Waals surface area contributed by atoms with Gasteiger partial charge in [0.05, 0.1) is 18.0 Å². The summed E-state index contributed by atoms with van der Waals surface area (Å²) in [4.78, 5) is 8.41. The number of aromatic nitrogens is 4. The van der Waals surface area contributed by atoms with Crippen LogP contribution in [0.4, 0.5) is 10.2 Å². The van der Waals surface area contributed by atoms with Crippen LogP contribution >= 0.6 is 0 Å². The van der Waals surface area contributed by atoms with Crippen LogP contribution in [0.25, 0.3) is 16.9 Å². The zero-order chi connectivity index (χ0) is 17.9. The smallest absolute Gasteiger partial charge is 0.157 e. The van der Waals surface area contributed by atoms with Crippen molar-refractivity contribution >= 4 is 11.5 Å². The van der Waals surface area contributed by atoms with Gasteiger partial charge in [-0.2, -0.15) is 9.61 Å². The minimum atomic E-state index is -0.714. The van der Waals surface area contributed by atoms with E-state index >= 15 is 0 Å². The number of anilines is 1. The molecule has 0 radical (unpaired) electrons. The fourth-order valence-electron chi connectivity index (χ4n) is 2.75. The summed E-state index contributed by atoms with van der Waals surface area (Å²) >= 11 is 0. The summed E-state index contributed by atoms with van der Waals surface area (Å²) in [6, 6.07) is 13.5. The second-order valence-corrected chi connectivity index (χ2v) is 5.78. The van der Waals surface area contributed by atoms with Crippen LogP contribution in [0.3, 0.4) is 0 Å². The van der Waals surface area contributed by atoms with E-state index < -0.39 is 6.10 Å². The summed E-state index contributed by atoms with van der Waals surface area (Å²) < 4.78 is 15.8. The Hall–Kier alpha value is -3.32. The summed E-state index contributed by atoms with van der Waals surface area (Å²) in [7, 11) is 0. The molecule has 0 amide bonds. The fraction of sp³-hybridized carbons (Fsp3) is 0.105. The molecular weight excluding hydrogens is 333 g/mol. The van der Waals surface area contributed by atoms with Crippen LogP contribution < -0.4 is 5.32 Å². The minimum Gasteiger partial charge on any atom is -0.387 e. The van der Waals surface area contributed by atoms with E-state index in [0.29, 0.717) is 22.7 Å². The van der Waals surface area contributed by atoms with Gasteiger partial charge in [-0.1, -0.05) is 12.1 Å². The quantitative estimate of drug-likeness (QED) is 0.579. The van der Waals surface area contributed by atoms with Gasteiger partial charge in [-0.05, 0) is 29.8 Å². The van der Waals surface area contributed by atoms with Gasteiger partial charge in [-0.15, -0.1) is 0 Å². The molecule has 0 fully saturated rings. The average molecular weight is 349 g/mol. The Morgan fingerprint density at radius 2 is 1.88 bits per heavy atom. The molecule has 0 spiro atoms. The van der Waals surface area contributed by atoms with Crippen molar-refractivity contribution in [1.29, 1.82) is 0 Å². The molecule has 3 aromatic heterocycles. The molecular formula is C19H16FN5O. The molecule has 2 N–H and O–H groups in total. The number of hydrogen-bond donors (Lipinski definition) is 2. The summed E-state index contributed by atoms with van der Waals surface area (Å²) in [6.07, 6.45) is 4.17. The average Bonchev–Trinajstić information content (AvgIpc) is 3.15. The van der Waals surface area contributed by atoms with Gasteiger partial charge >= 0.3 is 0 Å². The zero-order valence-electron chi connectivity index (χ0n) is 13.7. The second-order valence-electron chi connectivity index (χ2n) is 5.78. The molecule has 4 aromatic rings. The molecule has 0 aliphatic carbocycles.